The second kappa shape index (κ2) is 8.19. The lowest BCUT2D eigenvalue weighted by atomic mass is 9.85. The van der Waals surface area contributed by atoms with Gasteiger partial charge in [0.2, 0.25) is 5.91 Å². The number of anilines is 1. The molecule has 170 valence electrons. The molecule has 1 aliphatic rings. The van der Waals surface area contributed by atoms with Gasteiger partial charge in [0.05, 0.1) is 19.4 Å². The summed E-state index contributed by atoms with van der Waals surface area (Å²) in [6.45, 7) is 6.38. The number of nitrogens with one attached hydrogen (secondary N) is 1. The van der Waals surface area contributed by atoms with Crippen LogP contribution in [0.15, 0.2) is 30.3 Å². The van der Waals surface area contributed by atoms with Gasteiger partial charge in [-0.05, 0) is 38.5 Å². The number of benzene rings is 1. The maximum absolute atomic E-state index is 12.8. The third kappa shape index (κ3) is 3.47. The molecule has 10 heteroatoms. The highest BCUT2D eigenvalue weighted by atomic mass is 16.5. The Labute approximate surface area is 190 Å². The van der Waals surface area contributed by atoms with Gasteiger partial charge in [-0.3, -0.25) is 4.79 Å². The third-order valence-corrected chi connectivity index (χ3v) is 5.78. The molecule has 0 saturated carbocycles. The first-order valence-corrected chi connectivity index (χ1v) is 10.9. The smallest absolute Gasteiger partial charge is 0.226 e. The van der Waals surface area contributed by atoms with E-state index in [0.717, 1.165) is 23.2 Å². The molecule has 0 bridgehead atoms. The van der Waals surface area contributed by atoms with Gasteiger partial charge in [-0.15, -0.1) is 15.3 Å². The Hall–Kier alpha value is -3.95. The molecule has 5 rings (SSSR count). The minimum atomic E-state index is -0.232. The monoisotopic (exact) mass is 447 g/mol. The number of amides is 1. The molecular formula is C23H25N7O3. The predicted molar refractivity (Wildman–Crippen MR) is 121 cm³/mol. The van der Waals surface area contributed by atoms with E-state index in [4.69, 9.17) is 14.6 Å². The molecule has 0 aliphatic carbocycles. The Bertz CT molecular complexity index is 1360. The number of carbonyl (C=O) groups is 1. The van der Waals surface area contributed by atoms with Gasteiger partial charge in [-0.1, -0.05) is 19.1 Å². The molecular weight excluding hydrogens is 422 g/mol. The summed E-state index contributed by atoms with van der Waals surface area (Å²) in [4.78, 5) is 12.8. The summed E-state index contributed by atoms with van der Waals surface area (Å²) in [6.07, 6.45) is 1.15. The minimum absolute atomic E-state index is 0.0977. The van der Waals surface area contributed by atoms with Crippen LogP contribution in [0.5, 0.6) is 11.5 Å². The van der Waals surface area contributed by atoms with Crippen LogP contribution in [0.4, 0.5) is 5.82 Å². The number of hydrogen-bond donors (Lipinski definition) is 1. The molecule has 3 aromatic heterocycles. The first-order valence-electron chi connectivity index (χ1n) is 10.9. The quantitative estimate of drug-likeness (QED) is 0.483. The average Bonchev–Trinajstić information content (AvgIpc) is 3.36. The van der Waals surface area contributed by atoms with Crippen LogP contribution in [0.2, 0.25) is 0 Å². The van der Waals surface area contributed by atoms with Crippen LogP contribution in [-0.2, 0) is 4.79 Å². The zero-order valence-corrected chi connectivity index (χ0v) is 19.0. The minimum Gasteiger partial charge on any atom is -0.493 e. The number of ether oxygens (including phenoxy) is 2. The first-order chi connectivity index (χ1) is 16.0. The Morgan fingerprint density at radius 2 is 2.00 bits per heavy atom. The molecule has 10 nitrogen and oxygen atoms in total. The summed E-state index contributed by atoms with van der Waals surface area (Å²) in [5, 5.41) is 20.5. The van der Waals surface area contributed by atoms with Crippen molar-refractivity contribution >= 4 is 17.4 Å². The number of aromatic nitrogens is 6. The molecule has 1 amide bonds. The highest BCUT2D eigenvalue weighted by Crippen LogP contribution is 2.45. The second-order valence-electron chi connectivity index (χ2n) is 8.00. The van der Waals surface area contributed by atoms with Crippen LogP contribution in [0.3, 0.4) is 0 Å². The van der Waals surface area contributed by atoms with Crippen molar-refractivity contribution in [3.05, 3.63) is 53.0 Å². The van der Waals surface area contributed by atoms with Crippen molar-refractivity contribution in [3.8, 4) is 17.3 Å². The Morgan fingerprint density at radius 3 is 2.79 bits per heavy atom. The third-order valence-electron chi connectivity index (χ3n) is 5.78. The number of carbonyl (C=O) groups excluding carboxylic acids is 1. The number of hydrogen-bond acceptors (Lipinski definition) is 7. The molecule has 0 unspecified atom stereocenters. The number of fused-ring (bicyclic) bond motifs is 2. The largest absolute Gasteiger partial charge is 0.493 e. The zero-order chi connectivity index (χ0) is 23.1. The van der Waals surface area contributed by atoms with Crippen molar-refractivity contribution in [3.63, 3.8) is 0 Å². The molecule has 0 fully saturated rings. The summed E-state index contributed by atoms with van der Waals surface area (Å²) in [7, 11) is 1.62. The summed E-state index contributed by atoms with van der Waals surface area (Å²) in [5.74, 6) is 2.82. The Kier molecular flexibility index (Phi) is 5.20. The fourth-order valence-corrected chi connectivity index (χ4v) is 4.30. The van der Waals surface area contributed by atoms with E-state index in [1.807, 2.05) is 44.2 Å². The average molecular weight is 447 g/mol. The van der Waals surface area contributed by atoms with E-state index in [9.17, 15) is 4.79 Å². The van der Waals surface area contributed by atoms with Crippen molar-refractivity contribution in [2.24, 2.45) is 0 Å². The van der Waals surface area contributed by atoms with E-state index in [1.165, 1.54) is 0 Å². The fourth-order valence-electron chi connectivity index (χ4n) is 4.30. The molecule has 33 heavy (non-hydrogen) atoms. The first kappa shape index (κ1) is 20.9. The predicted octanol–water partition coefficient (Wildman–Crippen LogP) is 3.20. The van der Waals surface area contributed by atoms with E-state index in [1.54, 1.807) is 16.3 Å². The maximum atomic E-state index is 12.8. The number of para-hydroxylation sites is 1. The lowest BCUT2D eigenvalue weighted by Gasteiger charge is -2.26. The van der Waals surface area contributed by atoms with Gasteiger partial charge in [-0.2, -0.15) is 14.3 Å². The van der Waals surface area contributed by atoms with Crippen molar-refractivity contribution < 1.29 is 14.3 Å². The van der Waals surface area contributed by atoms with Gasteiger partial charge >= 0.3 is 0 Å². The van der Waals surface area contributed by atoms with E-state index in [-0.39, 0.29) is 18.2 Å². The van der Waals surface area contributed by atoms with Crippen molar-refractivity contribution in [1.82, 2.24) is 29.6 Å². The SMILES string of the molecule is CCCOc1c(OC)cccc1[C@H]1CC(=O)Nc2c1c(C)nn2-c1ccc2nnc(C)n2n1. The molecule has 1 N–H and O–H groups in total. The summed E-state index contributed by atoms with van der Waals surface area (Å²) in [5.41, 5.74) is 3.29. The molecule has 4 heterocycles. The number of nitrogens with zero attached hydrogens (tertiary/aromatic N) is 6. The molecule has 1 aliphatic heterocycles. The van der Waals surface area contributed by atoms with Crippen molar-refractivity contribution in [1.29, 1.82) is 0 Å². The molecule has 4 aromatic rings. The maximum Gasteiger partial charge on any atom is 0.226 e. The second-order valence-corrected chi connectivity index (χ2v) is 8.00. The standard InChI is InChI=1S/C23H25N7O3/c1-5-11-33-22-15(7-6-8-17(22)32-4)16-12-20(31)24-23-21(16)13(2)27-30(23)19-10-9-18-26-25-14(3)29(18)28-19/h6-10,16H,5,11-12H2,1-4H3,(H,24,31)/t16-/m1/s1. The summed E-state index contributed by atoms with van der Waals surface area (Å²) >= 11 is 0. The summed E-state index contributed by atoms with van der Waals surface area (Å²) in [6, 6.07) is 9.42. The van der Waals surface area contributed by atoms with Crippen LogP contribution < -0.4 is 14.8 Å². The van der Waals surface area contributed by atoms with E-state index < -0.39 is 0 Å². The molecule has 0 radical (unpaired) electrons. The zero-order valence-electron chi connectivity index (χ0n) is 19.0. The van der Waals surface area contributed by atoms with Crippen LogP contribution in [0.1, 0.15) is 48.3 Å². The van der Waals surface area contributed by atoms with Gasteiger partial charge in [0, 0.05) is 23.5 Å². The van der Waals surface area contributed by atoms with Gasteiger partial charge in [0.15, 0.2) is 28.8 Å². The van der Waals surface area contributed by atoms with Crippen molar-refractivity contribution in [2.75, 3.05) is 19.0 Å². The lowest BCUT2D eigenvalue weighted by Crippen LogP contribution is -2.25. The van der Waals surface area contributed by atoms with E-state index in [0.29, 0.717) is 41.2 Å². The molecule has 1 atom stereocenters. The number of rotatable bonds is 6. The highest BCUT2D eigenvalue weighted by Gasteiger charge is 2.35. The summed E-state index contributed by atoms with van der Waals surface area (Å²) < 4.78 is 15.0. The van der Waals surface area contributed by atoms with Crippen LogP contribution in [-0.4, -0.2) is 49.2 Å². The fraction of sp³-hybridized carbons (Fsp3) is 0.348. The van der Waals surface area contributed by atoms with Crippen molar-refractivity contribution in [2.45, 2.75) is 39.5 Å². The number of methoxy groups -OCH3 is 1. The van der Waals surface area contributed by atoms with Gasteiger partial charge in [0.25, 0.3) is 0 Å². The van der Waals surface area contributed by atoms with Gasteiger partial charge < -0.3 is 14.8 Å². The normalized spacial score (nSPS) is 15.4. The molecule has 0 saturated heterocycles. The Morgan fingerprint density at radius 1 is 1.15 bits per heavy atom. The topological polar surface area (TPSA) is 108 Å². The van der Waals surface area contributed by atoms with Gasteiger partial charge in [0.1, 0.15) is 5.82 Å². The van der Waals surface area contributed by atoms with Crippen LogP contribution >= 0.6 is 0 Å². The van der Waals surface area contributed by atoms with E-state index in [2.05, 4.69) is 27.5 Å². The van der Waals surface area contributed by atoms with E-state index >= 15 is 0 Å². The van der Waals surface area contributed by atoms with Crippen LogP contribution in [0.25, 0.3) is 11.5 Å². The highest BCUT2D eigenvalue weighted by molar-refractivity contribution is 5.95. The molecule has 0 spiro atoms. The number of aryl methyl sites for hydroxylation is 2. The lowest BCUT2D eigenvalue weighted by molar-refractivity contribution is -0.116. The molecule has 1 aromatic carbocycles. The van der Waals surface area contributed by atoms with Crippen LogP contribution in [0, 0.1) is 13.8 Å². The van der Waals surface area contributed by atoms with Gasteiger partial charge in [-0.25, -0.2) is 0 Å². The Balaban J connectivity index is 1.66.